The van der Waals surface area contributed by atoms with Crippen LogP contribution in [0.25, 0.3) is 11.4 Å². The molecule has 0 unspecified atom stereocenters. The predicted molar refractivity (Wildman–Crippen MR) is 106 cm³/mol. The number of alkyl halides is 3. The van der Waals surface area contributed by atoms with Gasteiger partial charge in [0.2, 0.25) is 5.91 Å². The standard InChI is InChI=1S/C21H25F3N4O/c1-4-17-14(3)25-19(15-6-8-16(9-7-15)21(22,23)24)26-20(17)28-12-10-27(11-13-28)18(29)5-2/h6-9H,4-5,10-13H2,1-3H3. The van der Waals surface area contributed by atoms with Gasteiger partial charge in [-0.2, -0.15) is 13.2 Å². The van der Waals surface area contributed by atoms with E-state index < -0.39 is 11.7 Å². The Morgan fingerprint density at radius 2 is 1.66 bits per heavy atom. The minimum atomic E-state index is -4.37. The minimum Gasteiger partial charge on any atom is -0.353 e. The average Bonchev–Trinajstić information content (AvgIpc) is 2.72. The molecule has 0 atom stereocenters. The first-order valence-electron chi connectivity index (χ1n) is 9.82. The van der Waals surface area contributed by atoms with Gasteiger partial charge in [0.15, 0.2) is 5.82 Å². The number of anilines is 1. The summed E-state index contributed by atoms with van der Waals surface area (Å²) in [6.45, 7) is 8.39. The molecule has 156 valence electrons. The van der Waals surface area contributed by atoms with E-state index in [0.29, 0.717) is 44.0 Å². The van der Waals surface area contributed by atoms with E-state index in [2.05, 4.69) is 9.88 Å². The molecule has 2 heterocycles. The molecule has 0 radical (unpaired) electrons. The van der Waals surface area contributed by atoms with E-state index in [0.717, 1.165) is 35.6 Å². The number of rotatable bonds is 4. The van der Waals surface area contributed by atoms with Crippen molar-refractivity contribution in [2.24, 2.45) is 0 Å². The highest BCUT2D eigenvalue weighted by molar-refractivity contribution is 5.76. The van der Waals surface area contributed by atoms with Gasteiger partial charge in [0.1, 0.15) is 5.82 Å². The molecule has 1 aliphatic heterocycles. The van der Waals surface area contributed by atoms with Crippen LogP contribution in [0.2, 0.25) is 0 Å². The summed E-state index contributed by atoms with van der Waals surface area (Å²) in [5, 5.41) is 0. The lowest BCUT2D eigenvalue weighted by Gasteiger charge is -2.36. The lowest BCUT2D eigenvalue weighted by molar-refractivity contribution is -0.137. The van der Waals surface area contributed by atoms with Gasteiger partial charge in [-0.1, -0.05) is 26.0 Å². The molecule has 1 aromatic heterocycles. The molecule has 1 amide bonds. The van der Waals surface area contributed by atoms with Crippen molar-refractivity contribution in [1.29, 1.82) is 0 Å². The van der Waals surface area contributed by atoms with Gasteiger partial charge in [0.05, 0.1) is 5.56 Å². The number of benzene rings is 1. The molecule has 0 spiro atoms. The van der Waals surface area contributed by atoms with Gasteiger partial charge in [0, 0.05) is 49.4 Å². The van der Waals surface area contributed by atoms with Crippen molar-refractivity contribution in [3.63, 3.8) is 0 Å². The topological polar surface area (TPSA) is 49.3 Å². The van der Waals surface area contributed by atoms with E-state index in [1.54, 1.807) is 0 Å². The third kappa shape index (κ3) is 4.52. The number of aryl methyl sites for hydroxylation is 1. The van der Waals surface area contributed by atoms with Gasteiger partial charge in [-0.05, 0) is 25.5 Å². The Kier molecular flexibility index (Phi) is 6.10. The first-order valence-corrected chi connectivity index (χ1v) is 9.82. The Bertz CT molecular complexity index is 873. The molecule has 29 heavy (non-hydrogen) atoms. The lowest BCUT2D eigenvalue weighted by atomic mass is 10.1. The molecule has 5 nitrogen and oxygen atoms in total. The van der Waals surface area contributed by atoms with Crippen molar-refractivity contribution in [2.45, 2.75) is 39.8 Å². The number of carbonyl (C=O) groups is 1. The molecule has 0 bridgehead atoms. The molecular formula is C21H25F3N4O. The van der Waals surface area contributed by atoms with Crippen LogP contribution in [0.3, 0.4) is 0 Å². The number of hydrogen-bond donors (Lipinski definition) is 0. The fourth-order valence-electron chi connectivity index (χ4n) is 3.59. The number of carbonyl (C=O) groups excluding carboxylic acids is 1. The predicted octanol–water partition coefficient (Wildman–Crippen LogP) is 4.09. The summed E-state index contributed by atoms with van der Waals surface area (Å²) in [5.41, 5.74) is 1.69. The van der Waals surface area contributed by atoms with Crippen molar-refractivity contribution in [1.82, 2.24) is 14.9 Å². The van der Waals surface area contributed by atoms with Gasteiger partial charge in [-0.15, -0.1) is 0 Å². The highest BCUT2D eigenvalue weighted by Gasteiger charge is 2.30. The van der Waals surface area contributed by atoms with Crippen molar-refractivity contribution in [3.8, 4) is 11.4 Å². The van der Waals surface area contributed by atoms with Gasteiger partial charge >= 0.3 is 6.18 Å². The third-order valence-corrected chi connectivity index (χ3v) is 5.25. The van der Waals surface area contributed by atoms with Crippen LogP contribution in [0.15, 0.2) is 24.3 Å². The Morgan fingerprint density at radius 3 is 2.17 bits per heavy atom. The summed E-state index contributed by atoms with van der Waals surface area (Å²) in [6, 6.07) is 4.92. The van der Waals surface area contributed by atoms with Crippen LogP contribution in [-0.4, -0.2) is 47.0 Å². The number of halogens is 3. The van der Waals surface area contributed by atoms with Crippen LogP contribution < -0.4 is 4.90 Å². The summed E-state index contributed by atoms with van der Waals surface area (Å²) in [6.07, 6.45) is -3.13. The largest absolute Gasteiger partial charge is 0.416 e. The molecule has 0 aliphatic carbocycles. The molecule has 1 aromatic carbocycles. The molecule has 2 aromatic rings. The molecule has 0 saturated carbocycles. The zero-order valence-electron chi connectivity index (χ0n) is 16.9. The molecular weight excluding hydrogens is 381 g/mol. The number of hydrogen-bond acceptors (Lipinski definition) is 4. The van der Waals surface area contributed by atoms with Crippen molar-refractivity contribution >= 4 is 11.7 Å². The lowest BCUT2D eigenvalue weighted by Crippen LogP contribution is -2.49. The quantitative estimate of drug-likeness (QED) is 0.767. The van der Waals surface area contributed by atoms with Crippen LogP contribution in [0, 0.1) is 6.92 Å². The first-order chi connectivity index (χ1) is 13.7. The fourth-order valence-corrected chi connectivity index (χ4v) is 3.59. The van der Waals surface area contributed by atoms with Gasteiger partial charge in [-0.3, -0.25) is 4.79 Å². The van der Waals surface area contributed by atoms with Crippen LogP contribution in [0.5, 0.6) is 0 Å². The summed E-state index contributed by atoms with van der Waals surface area (Å²) in [7, 11) is 0. The summed E-state index contributed by atoms with van der Waals surface area (Å²) in [4.78, 5) is 25.2. The maximum Gasteiger partial charge on any atom is 0.416 e. The summed E-state index contributed by atoms with van der Waals surface area (Å²) in [5.74, 6) is 1.36. The van der Waals surface area contributed by atoms with E-state index in [1.165, 1.54) is 12.1 Å². The van der Waals surface area contributed by atoms with E-state index in [1.807, 2.05) is 25.7 Å². The maximum absolute atomic E-state index is 12.8. The molecule has 1 saturated heterocycles. The second-order valence-electron chi connectivity index (χ2n) is 7.08. The van der Waals surface area contributed by atoms with Crippen molar-refractivity contribution in [3.05, 3.63) is 41.1 Å². The fraction of sp³-hybridized carbons (Fsp3) is 0.476. The number of nitrogens with zero attached hydrogens (tertiary/aromatic N) is 4. The van der Waals surface area contributed by atoms with E-state index >= 15 is 0 Å². The molecule has 3 rings (SSSR count). The second-order valence-corrected chi connectivity index (χ2v) is 7.08. The highest BCUT2D eigenvalue weighted by Crippen LogP contribution is 2.31. The monoisotopic (exact) mass is 406 g/mol. The molecule has 1 aliphatic rings. The zero-order valence-corrected chi connectivity index (χ0v) is 16.9. The van der Waals surface area contributed by atoms with E-state index in [4.69, 9.17) is 4.98 Å². The number of amides is 1. The number of aromatic nitrogens is 2. The SMILES string of the molecule is CCC(=O)N1CCN(c2nc(-c3ccc(C(F)(F)F)cc3)nc(C)c2CC)CC1. The maximum atomic E-state index is 12.8. The van der Waals surface area contributed by atoms with Crippen LogP contribution in [-0.2, 0) is 17.4 Å². The highest BCUT2D eigenvalue weighted by atomic mass is 19.4. The van der Waals surface area contributed by atoms with Crippen molar-refractivity contribution in [2.75, 3.05) is 31.1 Å². The average molecular weight is 406 g/mol. The van der Waals surface area contributed by atoms with Crippen LogP contribution >= 0.6 is 0 Å². The van der Waals surface area contributed by atoms with E-state index in [-0.39, 0.29) is 5.91 Å². The third-order valence-electron chi connectivity index (χ3n) is 5.25. The Balaban J connectivity index is 1.90. The summed E-state index contributed by atoms with van der Waals surface area (Å²) < 4.78 is 38.5. The smallest absolute Gasteiger partial charge is 0.353 e. The Labute approximate surface area is 168 Å². The molecule has 1 fully saturated rings. The Hall–Kier alpha value is -2.64. The number of piperazine rings is 1. The van der Waals surface area contributed by atoms with Crippen LogP contribution in [0.4, 0.5) is 19.0 Å². The van der Waals surface area contributed by atoms with Gasteiger partial charge in [0.25, 0.3) is 0 Å². The van der Waals surface area contributed by atoms with Gasteiger partial charge in [-0.25, -0.2) is 9.97 Å². The van der Waals surface area contributed by atoms with E-state index in [9.17, 15) is 18.0 Å². The normalized spacial score (nSPS) is 15.0. The summed E-state index contributed by atoms with van der Waals surface area (Å²) >= 11 is 0. The zero-order chi connectivity index (χ0) is 21.2. The Morgan fingerprint density at radius 1 is 1.03 bits per heavy atom. The van der Waals surface area contributed by atoms with Gasteiger partial charge < -0.3 is 9.80 Å². The van der Waals surface area contributed by atoms with Crippen LogP contribution in [0.1, 0.15) is 37.1 Å². The first kappa shape index (κ1) is 21.1. The molecule has 0 N–H and O–H groups in total. The molecule has 8 heteroatoms. The van der Waals surface area contributed by atoms with Crippen molar-refractivity contribution < 1.29 is 18.0 Å². The minimum absolute atomic E-state index is 0.143. The second kappa shape index (κ2) is 8.39.